The number of Topliss-reactive ketones (excluding diaryl/α,β-unsaturated/α-hetero) is 1. The van der Waals surface area contributed by atoms with Gasteiger partial charge in [-0.3, -0.25) is 4.79 Å². The van der Waals surface area contributed by atoms with E-state index < -0.39 is 12.1 Å². The number of nitrogens with one attached hydrogen (secondary N) is 1. The molecule has 6 nitrogen and oxygen atoms in total. The quantitative estimate of drug-likeness (QED) is 0.666. The summed E-state index contributed by atoms with van der Waals surface area (Å²) in [5, 5.41) is 30.8. The molecule has 0 amide bonds. The molecule has 2 aromatic rings. The van der Waals surface area contributed by atoms with E-state index in [1.54, 1.807) is 36.4 Å². The Kier molecular flexibility index (Phi) is 6.63. The smallest absolute Gasteiger partial charge is 0.337 e. The Morgan fingerprint density at radius 3 is 2.66 bits per heavy atom. The molecule has 0 aromatic heterocycles. The topological polar surface area (TPSA) is 110 Å². The van der Waals surface area contributed by atoms with Gasteiger partial charge in [0.1, 0.15) is 0 Å². The van der Waals surface area contributed by atoms with Gasteiger partial charge in [-0.25, -0.2) is 4.79 Å². The first kappa shape index (κ1) is 20.6. The van der Waals surface area contributed by atoms with Gasteiger partial charge in [0.15, 0.2) is 11.9 Å². The van der Waals surface area contributed by atoms with Gasteiger partial charge in [-0.2, -0.15) is 5.26 Å². The lowest BCUT2D eigenvalue weighted by atomic mass is 9.81. The van der Waals surface area contributed by atoms with Crippen molar-refractivity contribution in [2.24, 2.45) is 5.92 Å². The molecular weight excluding hydrogens is 368 g/mol. The molecule has 0 radical (unpaired) electrons. The van der Waals surface area contributed by atoms with E-state index >= 15 is 0 Å². The number of hydrogen-bond acceptors (Lipinski definition) is 5. The molecule has 3 rings (SSSR count). The summed E-state index contributed by atoms with van der Waals surface area (Å²) in [6.07, 6.45) is 2.51. The third kappa shape index (κ3) is 5.21. The summed E-state index contributed by atoms with van der Waals surface area (Å²) in [4.78, 5) is 23.9. The lowest BCUT2D eigenvalue weighted by Gasteiger charge is -2.29. The number of aliphatic carboxylic acids is 1. The Bertz CT molecular complexity index is 917. The Balaban J connectivity index is 1.61. The molecule has 2 unspecified atom stereocenters. The van der Waals surface area contributed by atoms with Crippen molar-refractivity contribution < 1.29 is 19.8 Å². The molecule has 150 valence electrons. The lowest BCUT2D eigenvalue weighted by Crippen LogP contribution is -2.38. The highest BCUT2D eigenvalue weighted by Gasteiger charge is 2.31. The van der Waals surface area contributed by atoms with Gasteiger partial charge in [0.2, 0.25) is 0 Å². The van der Waals surface area contributed by atoms with E-state index in [9.17, 15) is 14.7 Å². The van der Waals surface area contributed by atoms with Gasteiger partial charge >= 0.3 is 5.97 Å². The summed E-state index contributed by atoms with van der Waals surface area (Å²) in [5.41, 5.74) is 2.65. The summed E-state index contributed by atoms with van der Waals surface area (Å²) in [7, 11) is 0. The van der Waals surface area contributed by atoms with Crippen LogP contribution in [-0.2, 0) is 16.0 Å². The first-order valence-electron chi connectivity index (χ1n) is 9.78. The summed E-state index contributed by atoms with van der Waals surface area (Å²) in [6.45, 7) is 0. The predicted molar refractivity (Wildman–Crippen MR) is 108 cm³/mol. The average molecular weight is 392 g/mol. The standard InChI is InChI=1S/C23H24N2O4/c24-14-16-9-7-15(8-10-16)11-12-17-3-2-6-20(21(17)26)25-19-5-1-4-18(13-19)22(27)23(28)29/h1,4-5,7-10,13,17,20,22,25,27H,2-3,6,11-12H2,(H,28,29)/t17?,20?,22-/m1/s1. The highest BCUT2D eigenvalue weighted by atomic mass is 16.4. The molecule has 1 aliphatic rings. The van der Waals surface area contributed by atoms with Crippen molar-refractivity contribution in [1.29, 1.82) is 5.26 Å². The molecule has 0 saturated heterocycles. The number of carbonyl (C=O) groups is 2. The molecule has 0 spiro atoms. The molecule has 6 heteroatoms. The molecule has 1 saturated carbocycles. The van der Waals surface area contributed by atoms with Crippen LogP contribution in [0.3, 0.4) is 0 Å². The van der Waals surface area contributed by atoms with Crippen LogP contribution in [0, 0.1) is 17.2 Å². The number of carbonyl (C=O) groups excluding carboxylic acids is 1. The van der Waals surface area contributed by atoms with Gasteiger partial charge in [-0.1, -0.05) is 30.7 Å². The Hall–Kier alpha value is -3.17. The van der Waals surface area contributed by atoms with Crippen molar-refractivity contribution in [2.75, 3.05) is 5.32 Å². The fourth-order valence-electron chi connectivity index (χ4n) is 3.80. The molecule has 3 atom stereocenters. The summed E-state index contributed by atoms with van der Waals surface area (Å²) >= 11 is 0. The number of hydrogen-bond donors (Lipinski definition) is 3. The molecule has 0 heterocycles. The van der Waals surface area contributed by atoms with Crippen molar-refractivity contribution in [1.82, 2.24) is 0 Å². The molecule has 3 N–H and O–H groups in total. The van der Waals surface area contributed by atoms with Crippen LogP contribution in [0.4, 0.5) is 5.69 Å². The van der Waals surface area contributed by atoms with E-state index in [1.807, 2.05) is 12.1 Å². The van der Waals surface area contributed by atoms with Gasteiger partial charge in [-0.05, 0) is 61.1 Å². The largest absolute Gasteiger partial charge is 0.479 e. The Labute approximate surface area is 169 Å². The lowest BCUT2D eigenvalue weighted by molar-refractivity contribution is -0.147. The van der Waals surface area contributed by atoms with E-state index in [0.29, 0.717) is 11.3 Å². The van der Waals surface area contributed by atoms with Crippen molar-refractivity contribution >= 4 is 17.4 Å². The first-order valence-corrected chi connectivity index (χ1v) is 9.78. The van der Waals surface area contributed by atoms with Crippen molar-refractivity contribution in [3.63, 3.8) is 0 Å². The minimum Gasteiger partial charge on any atom is -0.479 e. The summed E-state index contributed by atoms with van der Waals surface area (Å²) in [5.74, 6) is -1.16. The zero-order valence-electron chi connectivity index (χ0n) is 16.0. The van der Waals surface area contributed by atoms with Crippen LogP contribution in [0.15, 0.2) is 48.5 Å². The van der Waals surface area contributed by atoms with Crippen molar-refractivity contribution in [2.45, 2.75) is 44.2 Å². The molecule has 0 bridgehead atoms. The number of aryl methyl sites for hydroxylation is 1. The van der Waals surface area contributed by atoms with Crippen LogP contribution < -0.4 is 5.32 Å². The number of carboxylic acid groups (broad SMARTS) is 1. The molecule has 0 aliphatic heterocycles. The number of nitrogens with zero attached hydrogens (tertiary/aromatic N) is 1. The average Bonchev–Trinajstić information content (AvgIpc) is 2.74. The van der Waals surface area contributed by atoms with Crippen LogP contribution in [0.25, 0.3) is 0 Å². The Morgan fingerprint density at radius 2 is 1.97 bits per heavy atom. The highest BCUT2D eigenvalue weighted by molar-refractivity contribution is 5.89. The number of benzene rings is 2. The SMILES string of the molecule is N#Cc1ccc(CCC2CCCC(Nc3cccc([C@@H](O)C(=O)O)c3)C2=O)cc1. The second-order valence-electron chi connectivity index (χ2n) is 7.44. The maximum atomic E-state index is 12.9. The summed E-state index contributed by atoms with van der Waals surface area (Å²) in [6, 6.07) is 15.8. The number of anilines is 1. The first-order chi connectivity index (χ1) is 14.0. The van der Waals surface area contributed by atoms with E-state index in [4.69, 9.17) is 10.4 Å². The van der Waals surface area contributed by atoms with Crippen LogP contribution in [0.5, 0.6) is 0 Å². The van der Waals surface area contributed by atoms with Crippen molar-refractivity contribution in [3.05, 3.63) is 65.2 Å². The zero-order chi connectivity index (χ0) is 20.8. The molecule has 1 fully saturated rings. The maximum Gasteiger partial charge on any atom is 0.337 e. The van der Waals surface area contributed by atoms with Crippen LogP contribution in [0.1, 0.15) is 48.5 Å². The molecular formula is C23H24N2O4. The predicted octanol–water partition coefficient (Wildman–Crippen LogP) is 3.46. The minimum atomic E-state index is -1.58. The Morgan fingerprint density at radius 1 is 1.21 bits per heavy atom. The second kappa shape index (κ2) is 9.35. The van der Waals surface area contributed by atoms with Gasteiger partial charge in [0.25, 0.3) is 0 Å². The van der Waals surface area contributed by atoms with E-state index in [-0.39, 0.29) is 23.3 Å². The third-order valence-corrected chi connectivity index (χ3v) is 5.43. The highest BCUT2D eigenvalue weighted by Crippen LogP contribution is 2.28. The number of aliphatic hydroxyl groups is 1. The number of rotatable bonds is 7. The van der Waals surface area contributed by atoms with Crippen LogP contribution >= 0.6 is 0 Å². The number of carboxylic acids is 1. The molecule has 1 aliphatic carbocycles. The zero-order valence-corrected chi connectivity index (χ0v) is 16.0. The number of aliphatic hydroxyl groups excluding tert-OH is 1. The number of ketones is 1. The van der Waals surface area contributed by atoms with Gasteiger partial charge < -0.3 is 15.5 Å². The second-order valence-corrected chi connectivity index (χ2v) is 7.44. The molecule has 2 aromatic carbocycles. The molecule has 29 heavy (non-hydrogen) atoms. The fraction of sp³-hybridized carbons (Fsp3) is 0.348. The summed E-state index contributed by atoms with van der Waals surface area (Å²) < 4.78 is 0. The van der Waals surface area contributed by atoms with E-state index in [0.717, 1.165) is 37.7 Å². The van der Waals surface area contributed by atoms with Crippen LogP contribution in [0.2, 0.25) is 0 Å². The number of nitriles is 1. The van der Waals surface area contributed by atoms with E-state index in [1.165, 1.54) is 0 Å². The van der Waals surface area contributed by atoms with E-state index in [2.05, 4.69) is 11.4 Å². The van der Waals surface area contributed by atoms with Gasteiger partial charge in [0.05, 0.1) is 17.7 Å². The fourth-order valence-corrected chi connectivity index (χ4v) is 3.80. The van der Waals surface area contributed by atoms with Crippen LogP contribution in [-0.4, -0.2) is 28.0 Å². The monoisotopic (exact) mass is 392 g/mol. The van der Waals surface area contributed by atoms with Gasteiger partial charge in [-0.15, -0.1) is 0 Å². The van der Waals surface area contributed by atoms with Crippen molar-refractivity contribution in [3.8, 4) is 6.07 Å². The van der Waals surface area contributed by atoms with Gasteiger partial charge in [0, 0.05) is 11.6 Å². The normalized spacial score (nSPS) is 19.9. The third-order valence-electron chi connectivity index (χ3n) is 5.43. The minimum absolute atomic E-state index is 0.0234. The maximum absolute atomic E-state index is 12.9.